The van der Waals surface area contributed by atoms with E-state index in [2.05, 4.69) is 14.7 Å². The Hall–Kier alpha value is -0.980. The summed E-state index contributed by atoms with van der Waals surface area (Å²) in [5, 5.41) is 18.8. The smallest absolute Gasteiger partial charge is 0.135 e. The molecule has 0 radical (unpaired) electrons. The molecule has 0 aliphatic rings. The lowest BCUT2D eigenvalue weighted by Gasteiger charge is -2.12. The molecule has 5 nitrogen and oxygen atoms in total. The summed E-state index contributed by atoms with van der Waals surface area (Å²) in [6.45, 7) is 4.59. The zero-order valence-electron chi connectivity index (χ0n) is 9.59. The minimum atomic E-state index is -0.809. The summed E-state index contributed by atoms with van der Waals surface area (Å²) in [6, 6.07) is 0. The summed E-state index contributed by atoms with van der Waals surface area (Å²) >= 11 is 7.25. The van der Waals surface area contributed by atoms with E-state index in [-0.39, 0.29) is 0 Å². The number of hydrogen-bond acceptors (Lipinski definition) is 5. The Morgan fingerprint density at radius 2 is 2.35 bits per heavy atom. The molecule has 0 fully saturated rings. The Balaban J connectivity index is 2.39. The Kier molecular flexibility index (Phi) is 3.76. The first-order valence-corrected chi connectivity index (χ1v) is 6.48. The topological polar surface area (TPSA) is 63.8 Å². The number of aryl methyl sites for hydroxylation is 2. The van der Waals surface area contributed by atoms with Gasteiger partial charge in [0.15, 0.2) is 0 Å². The van der Waals surface area contributed by atoms with Crippen LogP contribution >= 0.6 is 23.1 Å². The summed E-state index contributed by atoms with van der Waals surface area (Å²) in [6.07, 6.45) is 1.67. The summed E-state index contributed by atoms with van der Waals surface area (Å²) in [7, 11) is 0. The Morgan fingerprint density at radius 3 is 2.94 bits per heavy atom. The van der Waals surface area contributed by atoms with E-state index in [4.69, 9.17) is 11.6 Å². The van der Waals surface area contributed by atoms with Crippen LogP contribution in [0.4, 0.5) is 0 Å². The van der Waals surface area contributed by atoms with Gasteiger partial charge in [0, 0.05) is 6.54 Å². The number of aliphatic hydroxyl groups excluding tert-OH is 1. The highest BCUT2D eigenvalue weighted by atomic mass is 35.5. The van der Waals surface area contributed by atoms with Crippen molar-refractivity contribution < 1.29 is 5.11 Å². The van der Waals surface area contributed by atoms with Gasteiger partial charge in [0.2, 0.25) is 0 Å². The molecule has 17 heavy (non-hydrogen) atoms. The Morgan fingerprint density at radius 1 is 1.59 bits per heavy atom. The third-order valence-corrected chi connectivity index (χ3v) is 3.63. The van der Waals surface area contributed by atoms with Crippen LogP contribution in [0.5, 0.6) is 0 Å². The second-order valence-corrected chi connectivity index (χ2v) is 4.92. The third-order valence-electron chi connectivity index (χ3n) is 2.46. The summed E-state index contributed by atoms with van der Waals surface area (Å²) in [5.74, 6) is 0. The maximum atomic E-state index is 10.3. The van der Waals surface area contributed by atoms with Gasteiger partial charge in [-0.3, -0.25) is 4.68 Å². The van der Waals surface area contributed by atoms with Crippen LogP contribution in [-0.4, -0.2) is 24.5 Å². The van der Waals surface area contributed by atoms with Crippen molar-refractivity contribution in [2.75, 3.05) is 0 Å². The molecule has 0 amide bonds. The van der Waals surface area contributed by atoms with Crippen LogP contribution in [0.15, 0.2) is 6.20 Å². The lowest BCUT2D eigenvalue weighted by atomic mass is 10.2. The van der Waals surface area contributed by atoms with Gasteiger partial charge in [-0.15, -0.1) is 5.10 Å². The minimum absolute atomic E-state index is 0.471. The SMILES string of the molecule is CCCn1ncc(Cl)c1C(O)c1snnc1C. The van der Waals surface area contributed by atoms with Gasteiger partial charge in [0.1, 0.15) is 6.10 Å². The number of hydrogen-bond donors (Lipinski definition) is 1. The van der Waals surface area contributed by atoms with E-state index in [0.29, 0.717) is 15.6 Å². The van der Waals surface area contributed by atoms with Gasteiger partial charge >= 0.3 is 0 Å². The fourth-order valence-electron chi connectivity index (χ4n) is 1.65. The highest BCUT2D eigenvalue weighted by molar-refractivity contribution is 7.05. The van der Waals surface area contributed by atoms with E-state index < -0.39 is 6.10 Å². The first kappa shape index (κ1) is 12.5. The normalized spacial score (nSPS) is 12.9. The maximum Gasteiger partial charge on any atom is 0.135 e. The van der Waals surface area contributed by atoms with Crippen LogP contribution in [0.1, 0.15) is 35.7 Å². The van der Waals surface area contributed by atoms with E-state index in [1.807, 2.05) is 13.8 Å². The van der Waals surface area contributed by atoms with E-state index in [1.165, 1.54) is 11.5 Å². The quantitative estimate of drug-likeness (QED) is 0.927. The van der Waals surface area contributed by atoms with Crippen molar-refractivity contribution in [1.29, 1.82) is 0 Å². The van der Waals surface area contributed by atoms with Crippen molar-refractivity contribution in [3.8, 4) is 0 Å². The average Bonchev–Trinajstić information content (AvgIpc) is 2.86. The van der Waals surface area contributed by atoms with Crippen molar-refractivity contribution in [1.82, 2.24) is 19.4 Å². The molecule has 0 aliphatic heterocycles. The highest BCUT2D eigenvalue weighted by Crippen LogP contribution is 2.31. The molecular weight excluding hydrogens is 260 g/mol. The third kappa shape index (κ3) is 2.34. The lowest BCUT2D eigenvalue weighted by molar-refractivity contribution is 0.210. The second-order valence-electron chi connectivity index (χ2n) is 3.73. The molecule has 2 heterocycles. The highest BCUT2D eigenvalue weighted by Gasteiger charge is 2.23. The molecule has 0 aromatic carbocycles. The van der Waals surface area contributed by atoms with E-state index in [9.17, 15) is 5.11 Å². The largest absolute Gasteiger partial charge is 0.381 e. The van der Waals surface area contributed by atoms with Crippen LogP contribution in [0.3, 0.4) is 0 Å². The van der Waals surface area contributed by atoms with Gasteiger partial charge in [-0.05, 0) is 24.9 Å². The molecule has 92 valence electrons. The average molecular weight is 273 g/mol. The number of rotatable bonds is 4. The number of aromatic nitrogens is 4. The molecule has 7 heteroatoms. The second kappa shape index (κ2) is 5.12. The molecule has 2 aromatic rings. The van der Waals surface area contributed by atoms with Gasteiger partial charge in [0.05, 0.1) is 27.5 Å². The first-order valence-electron chi connectivity index (χ1n) is 5.33. The molecule has 1 N–H and O–H groups in total. The predicted octanol–water partition coefficient (Wildman–Crippen LogP) is 2.19. The van der Waals surface area contributed by atoms with Gasteiger partial charge in [-0.2, -0.15) is 5.10 Å². The van der Waals surface area contributed by atoms with E-state index in [0.717, 1.165) is 18.7 Å². The molecule has 2 aromatic heterocycles. The standard InChI is InChI=1S/C10H13ClN4OS/c1-3-4-15-8(7(11)5-12-15)9(16)10-6(2)13-14-17-10/h5,9,16H,3-4H2,1-2H3. The van der Waals surface area contributed by atoms with Crippen molar-refractivity contribution in [3.63, 3.8) is 0 Å². The van der Waals surface area contributed by atoms with Crippen LogP contribution < -0.4 is 0 Å². The van der Waals surface area contributed by atoms with Crippen molar-refractivity contribution >= 4 is 23.1 Å². The summed E-state index contributed by atoms with van der Waals surface area (Å²) < 4.78 is 5.55. The molecule has 1 unspecified atom stereocenters. The molecule has 1 atom stereocenters. The monoisotopic (exact) mass is 272 g/mol. The van der Waals surface area contributed by atoms with Crippen molar-refractivity contribution in [2.45, 2.75) is 32.9 Å². The number of aliphatic hydroxyl groups is 1. The Labute approximate surface area is 108 Å². The molecule has 0 aliphatic carbocycles. The van der Waals surface area contributed by atoms with E-state index in [1.54, 1.807) is 10.9 Å². The molecule has 0 saturated heterocycles. The van der Waals surface area contributed by atoms with E-state index >= 15 is 0 Å². The molecule has 0 saturated carbocycles. The molecule has 0 spiro atoms. The summed E-state index contributed by atoms with van der Waals surface area (Å²) in [5.41, 5.74) is 1.34. The maximum absolute atomic E-state index is 10.3. The molecule has 0 bridgehead atoms. The van der Waals surface area contributed by atoms with Gasteiger partial charge < -0.3 is 5.11 Å². The number of halogens is 1. The predicted molar refractivity (Wildman–Crippen MR) is 66.2 cm³/mol. The van der Waals surface area contributed by atoms with Gasteiger partial charge in [-0.25, -0.2) is 0 Å². The zero-order chi connectivity index (χ0) is 12.4. The van der Waals surface area contributed by atoms with Crippen LogP contribution in [0.2, 0.25) is 5.02 Å². The van der Waals surface area contributed by atoms with Gasteiger partial charge in [-0.1, -0.05) is 23.0 Å². The minimum Gasteiger partial charge on any atom is -0.381 e. The van der Waals surface area contributed by atoms with Crippen LogP contribution in [0, 0.1) is 6.92 Å². The zero-order valence-corrected chi connectivity index (χ0v) is 11.2. The first-order chi connectivity index (χ1) is 8.15. The van der Waals surface area contributed by atoms with Crippen LogP contribution in [-0.2, 0) is 6.54 Å². The van der Waals surface area contributed by atoms with Gasteiger partial charge in [0.25, 0.3) is 0 Å². The number of nitrogens with zero attached hydrogens (tertiary/aromatic N) is 4. The fraction of sp³-hybridized carbons (Fsp3) is 0.500. The lowest BCUT2D eigenvalue weighted by Crippen LogP contribution is -2.10. The van der Waals surface area contributed by atoms with Crippen molar-refractivity contribution in [3.05, 3.63) is 27.5 Å². The van der Waals surface area contributed by atoms with Crippen LogP contribution in [0.25, 0.3) is 0 Å². The fourth-order valence-corrected chi connectivity index (χ4v) is 2.53. The summed E-state index contributed by atoms with van der Waals surface area (Å²) in [4.78, 5) is 0.713. The molecular formula is C10H13ClN4OS. The van der Waals surface area contributed by atoms with Crippen molar-refractivity contribution in [2.24, 2.45) is 0 Å². The molecule has 2 rings (SSSR count). The Bertz CT molecular complexity index is 510.